The van der Waals surface area contributed by atoms with E-state index >= 15 is 0 Å². The van der Waals surface area contributed by atoms with E-state index in [1.807, 2.05) is 0 Å². The van der Waals surface area contributed by atoms with Gasteiger partial charge in [0.25, 0.3) is 0 Å². The Labute approximate surface area is 82.1 Å². The number of aliphatic hydroxyl groups is 1. The van der Waals surface area contributed by atoms with Crippen molar-refractivity contribution in [2.75, 3.05) is 13.1 Å². The number of nitrogens with one attached hydrogen (secondary N) is 1. The fraction of sp³-hybridized carbons (Fsp3) is 0.778. The van der Waals surface area contributed by atoms with Crippen molar-refractivity contribution in [2.24, 2.45) is 0 Å². The molecule has 2 heterocycles. The van der Waals surface area contributed by atoms with Crippen LogP contribution in [0.15, 0.2) is 0 Å². The molecule has 0 saturated carbocycles. The minimum absolute atomic E-state index is 0.0151. The third-order valence-electron chi connectivity index (χ3n) is 2.72. The van der Waals surface area contributed by atoms with Crippen LogP contribution in [-0.4, -0.2) is 47.1 Å². The van der Waals surface area contributed by atoms with Crippen LogP contribution in [0.25, 0.3) is 0 Å². The fourth-order valence-corrected chi connectivity index (χ4v) is 2.01. The molecule has 14 heavy (non-hydrogen) atoms. The van der Waals surface area contributed by atoms with Gasteiger partial charge in [0, 0.05) is 25.6 Å². The Balaban J connectivity index is 1.86. The summed E-state index contributed by atoms with van der Waals surface area (Å²) < 4.78 is 0. The highest BCUT2D eigenvalue weighted by Crippen LogP contribution is 2.14. The molecule has 0 spiro atoms. The number of hydrogen-bond donors (Lipinski definition) is 2. The van der Waals surface area contributed by atoms with Crippen LogP contribution < -0.4 is 5.32 Å². The summed E-state index contributed by atoms with van der Waals surface area (Å²) in [6.07, 6.45) is 1.04. The highest BCUT2D eigenvalue weighted by Gasteiger charge is 2.31. The van der Waals surface area contributed by atoms with E-state index in [0.29, 0.717) is 19.5 Å². The van der Waals surface area contributed by atoms with E-state index in [2.05, 4.69) is 5.32 Å². The molecule has 2 rings (SSSR count). The van der Waals surface area contributed by atoms with Crippen molar-refractivity contribution < 1.29 is 14.7 Å². The quantitative estimate of drug-likeness (QED) is 0.589. The number of amides is 2. The molecule has 5 heteroatoms. The minimum atomic E-state index is -0.528. The van der Waals surface area contributed by atoms with Gasteiger partial charge in [-0.3, -0.25) is 9.59 Å². The fourth-order valence-electron chi connectivity index (χ4n) is 2.01. The molecule has 2 unspecified atom stereocenters. The largest absolute Gasteiger partial charge is 0.391 e. The van der Waals surface area contributed by atoms with E-state index in [1.165, 1.54) is 0 Å². The van der Waals surface area contributed by atoms with Crippen molar-refractivity contribution >= 4 is 11.8 Å². The van der Waals surface area contributed by atoms with E-state index in [-0.39, 0.29) is 24.3 Å². The van der Waals surface area contributed by atoms with Crippen LogP contribution in [0.5, 0.6) is 0 Å². The second-order valence-corrected chi connectivity index (χ2v) is 3.96. The maximum atomic E-state index is 11.3. The summed E-state index contributed by atoms with van der Waals surface area (Å²) in [4.78, 5) is 23.8. The molecule has 2 amide bonds. The number of rotatable bonds is 2. The zero-order chi connectivity index (χ0) is 10.1. The van der Waals surface area contributed by atoms with E-state index in [1.54, 1.807) is 4.90 Å². The van der Waals surface area contributed by atoms with Gasteiger partial charge in [0.1, 0.15) is 0 Å². The van der Waals surface area contributed by atoms with Crippen molar-refractivity contribution in [2.45, 2.75) is 31.4 Å². The molecule has 0 radical (unpaired) electrons. The van der Waals surface area contributed by atoms with Gasteiger partial charge in [-0.05, 0) is 6.42 Å². The normalized spacial score (nSPS) is 32.5. The standard InChI is InChI=1S/C9H14N2O3/c12-7-3-9(14)11(5-7)4-6-1-2-8(13)10-6/h6-7,12H,1-5H2,(H,10,13). The van der Waals surface area contributed by atoms with Crippen LogP contribution in [-0.2, 0) is 9.59 Å². The van der Waals surface area contributed by atoms with Crippen LogP contribution >= 0.6 is 0 Å². The van der Waals surface area contributed by atoms with Crippen molar-refractivity contribution in [1.29, 1.82) is 0 Å². The van der Waals surface area contributed by atoms with Crippen LogP contribution in [0.2, 0.25) is 0 Å². The number of carbonyl (C=O) groups excluding carboxylic acids is 2. The third kappa shape index (κ3) is 1.87. The highest BCUT2D eigenvalue weighted by atomic mass is 16.3. The van der Waals surface area contributed by atoms with Gasteiger partial charge in [0.2, 0.25) is 11.8 Å². The average molecular weight is 198 g/mol. The monoisotopic (exact) mass is 198 g/mol. The molecule has 2 aliphatic rings. The van der Waals surface area contributed by atoms with Gasteiger partial charge in [-0.1, -0.05) is 0 Å². The maximum absolute atomic E-state index is 11.3. The molecule has 0 aliphatic carbocycles. The maximum Gasteiger partial charge on any atom is 0.225 e. The molecule has 0 aromatic carbocycles. The Morgan fingerprint density at radius 3 is 2.79 bits per heavy atom. The molecular formula is C9H14N2O3. The lowest BCUT2D eigenvalue weighted by Crippen LogP contribution is -2.39. The topological polar surface area (TPSA) is 69.6 Å². The molecule has 2 saturated heterocycles. The molecule has 0 aromatic rings. The zero-order valence-corrected chi connectivity index (χ0v) is 7.90. The summed E-state index contributed by atoms with van der Waals surface area (Å²) in [7, 11) is 0. The first-order chi connectivity index (χ1) is 6.65. The summed E-state index contributed by atoms with van der Waals surface area (Å²) >= 11 is 0. The van der Waals surface area contributed by atoms with E-state index < -0.39 is 6.10 Å². The number of hydrogen-bond acceptors (Lipinski definition) is 3. The van der Waals surface area contributed by atoms with Crippen LogP contribution in [0.1, 0.15) is 19.3 Å². The smallest absolute Gasteiger partial charge is 0.225 e. The molecule has 2 fully saturated rings. The average Bonchev–Trinajstić information content (AvgIpc) is 2.61. The van der Waals surface area contributed by atoms with Crippen LogP contribution in [0, 0.1) is 0 Å². The summed E-state index contributed by atoms with van der Waals surface area (Å²) in [5.41, 5.74) is 0. The van der Waals surface area contributed by atoms with Crippen molar-refractivity contribution in [3.63, 3.8) is 0 Å². The van der Waals surface area contributed by atoms with Crippen molar-refractivity contribution in [1.82, 2.24) is 10.2 Å². The SMILES string of the molecule is O=C1CCC(CN2CC(O)CC2=O)N1. The third-order valence-corrected chi connectivity index (χ3v) is 2.72. The summed E-state index contributed by atoms with van der Waals surface area (Å²) in [6.45, 7) is 0.951. The second-order valence-electron chi connectivity index (χ2n) is 3.96. The molecule has 2 atom stereocenters. The number of aliphatic hydroxyl groups excluding tert-OH is 1. The Hall–Kier alpha value is -1.10. The summed E-state index contributed by atoms with van der Waals surface area (Å²) in [6, 6.07) is 0.0803. The first-order valence-electron chi connectivity index (χ1n) is 4.90. The molecule has 2 N–H and O–H groups in total. The lowest BCUT2D eigenvalue weighted by molar-refractivity contribution is -0.128. The van der Waals surface area contributed by atoms with Gasteiger partial charge >= 0.3 is 0 Å². The first kappa shape index (κ1) is 9.45. The van der Waals surface area contributed by atoms with Gasteiger partial charge in [0.05, 0.1) is 12.5 Å². The van der Waals surface area contributed by atoms with Gasteiger partial charge in [-0.25, -0.2) is 0 Å². The lowest BCUT2D eigenvalue weighted by atomic mass is 10.2. The van der Waals surface area contributed by atoms with Gasteiger partial charge < -0.3 is 15.3 Å². The van der Waals surface area contributed by atoms with E-state index in [9.17, 15) is 14.7 Å². The minimum Gasteiger partial charge on any atom is -0.391 e. The first-order valence-corrected chi connectivity index (χ1v) is 4.90. The summed E-state index contributed by atoms with van der Waals surface area (Å²) in [5, 5.41) is 12.0. The van der Waals surface area contributed by atoms with Crippen molar-refractivity contribution in [3.8, 4) is 0 Å². The Morgan fingerprint density at radius 1 is 1.50 bits per heavy atom. The molecule has 5 nitrogen and oxygen atoms in total. The van der Waals surface area contributed by atoms with E-state index in [0.717, 1.165) is 6.42 Å². The Morgan fingerprint density at radius 2 is 2.29 bits per heavy atom. The summed E-state index contributed by atoms with van der Waals surface area (Å²) in [5.74, 6) is 0.0424. The second kappa shape index (κ2) is 3.57. The van der Waals surface area contributed by atoms with Crippen LogP contribution in [0.4, 0.5) is 0 Å². The Bertz CT molecular complexity index is 267. The van der Waals surface area contributed by atoms with Crippen LogP contribution in [0.3, 0.4) is 0 Å². The number of likely N-dealkylation sites (tertiary alicyclic amines) is 1. The van der Waals surface area contributed by atoms with Gasteiger partial charge in [-0.15, -0.1) is 0 Å². The predicted octanol–water partition coefficient (Wildman–Crippen LogP) is -1.14. The number of nitrogens with zero attached hydrogens (tertiary/aromatic N) is 1. The van der Waals surface area contributed by atoms with Gasteiger partial charge in [-0.2, -0.15) is 0 Å². The van der Waals surface area contributed by atoms with Crippen molar-refractivity contribution in [3.05, 3.63) is 0 Å². The molecule has 78 valence electrons. The predicted molar refractivity (Wildman–Crippen MR) is 48.4 cm³/mol. The van der Waals surface area contributed by atoms with E-state index in [4.69, 9.17) is 0 Å². The molecule has 0 aromatic heterocycles. The molecule has 0 bridgehead atoms. The van der Waals surface area contributed by atoms with Gasteiger partial charge in [0.15, 0.2) is 0 Å². The number of β-amino-alcohol motifs (C(OH)–C–C–N with tert-alkyl or cyclic N) is 1. The Kier molecular flexibility index (Phi) is 2.41. The molecule has 2 aliphatic heterocycles. The number of carbonyl (C=O) groups is 2. The lowest BCUT2D eigenvalue weighted by Gasteiger charge is -2.19. The molecular weight excluding hydrogens is 184 g/mol. The zero-order valence-electron chi connectivity index (χ0n) is 7.90. The highest BCUT2D eigenvalue weighted by molar-refractivity contribution is 5.80.